The van der Waals surface area contributed by atoms with Crippen LogP contribution in [0.1, 0.15) is 10.4 Å². The summed E-state index contributed by atoms with van der Waals surface area (Å²) in [6.07, 6.45) is 0. The second-order valence-corrected chi connectivity index (χ2v) is 3.21. The first kappa shape index (κ1) is 10.9. The van der Waals surface area contributed by atoms with E-state index in [2.05, 4.69) is 15.1 Å². The van der Waals surface area contributed by atoms with Crippen molar-refractivity contribution < 1.29 is 24.2 Å². The molecule has 2 rings (SSSR count). The third-order valence-electron chi connectivity index (χ3n) is 2.05. The fraction of sp³-hybridized carbons (Fsp3) is 0.111. The largest absolute Gasteiger partial charge is 0.480 e. The van der Waals surface area contributed by atoms with E-state index in [0.717, 1.165) is 0 Å². The lowest BCUT2D eigenvalue weighted by Gasteiger charge is -2.00. The van der Waals surface area contributed by atoms with E-state index < -0.39 is 18.4 Å². The van der Waals surface area contributed by atoms with Gasteiger partial charge in [0.25, 0.3) is 5.91 Å². The molecule has 0 spiro atoms. The van der Waals surface area contributed by atoms with Crippen molar-refractivity contribution in [2.24, 2.45) is 0 Å². The quantitative estimate of drug-likeness (QED) is 0.679. The van der Waals surface area contributed by atoms with Gasteiger partial charge in [-0.15, -0.1) is 0 Å². The Hall–Kier alpha value is -2.64. The summed E-state index contributed by atoms with van der Waals surface area (Å²) >= 11 is 0. The first-order valence-corrected chi connectivity index (χ1v) is 4.57. The van der Waals surface area contributed by atoms with Crippen LogP contribution in [0.3, 0.4) is 0 Å². The molecule has 0 atom stereocenters. The number of hydrogen-bond donors (Lipinski definition) is 2. The van der Waals surface area contributed by atoms with E-state index >= 15 is 0 Å². The molecule has 1 aromatic heterocycles. The van der Waals surface area contributed by atoms with Crippen molar-refractivity contribution in [2.45, 2.75) is 0 Å². The molecule has 8 nitrogen and oxygen atoms in total. The van der Waals surface area contributed by atoms with Gasteiger partial charge in [-0.2, -0.15) is 0 Å². The summed E-state index contributed by atoms with van der Waals surface area (Å²) in [6, 6.07) is 4.13. The Bertz CT molecular complexity index is 591. The molecule has 0 aliphatic carbocycles. The van der Waals surface area contributed by atoms with Crippen LogP contribution < -0.4 is 10.2 Å². The summed E-state index contributed by atoms with van der Waals surface area (Å²) in [5, 5.41) is 25.1. The lowest BCUT2D eigenvalue weighted by molar-refractivity contribution is -0.782. The number of carboxylic acid groups (broad SMARTS) is 1. The van der Waals surface area contributed by atoms with E-state index in [-0.39, 0.29) is 16.0 Å². The van der Waals surface area contributed by atoms with Gasteiger partial charge in [0, 0.05) is 16.8 Å². The number of amides is 1. The number of nitrogens with one attached hydrogen (secondary N) is 1. The van der Waals surface area contributed by atoms with Crippen molar-refractivity contribution in [1.82, 2.24) is 10.5 Å². The fourth-order valence-corrected chi connectivity index (χ4v) is 1.27. The summed E-state index contributed by atoms with van der Waals surface area (Å²) in [5.41, 5.74) is 0.578. The standard InChI is InChI=1S/C9H7N3O5/c13-8(14)4-10-9(15)5-1-2-6-7(3-5)12(16)17-11-6/h1-3H,4H2,(H,10,15)(H,13,14). The lowest BCUT2D eigenvalue weighted by atomic mass is 10.2. The summed E-state index contributed by atoms with van der Waals surface area (Å²) in [7, 11) is 0. The van der Waals surface area contributed by atoms with Gasteiger partial charge >= 0.3 is 5.97 Å². The SMILES string of the molecule is O=C(O)CNC(=O)c1ccc2no[n+]([O-])c2c1. The van der Waals surface area contributed by atoms with Gasteiger partial charge in [-0.05, 0) is 17.0 Å². The summed E-state index contributed by atoms with van der Waals surface area (Å²) in [6.45, 7) is -0.488. The average molecular weight is 237 g/mol. The molecule has 0 aliphatic rings. The average Bonchev–Trinajstić information content (AvgIpc) is 2.67. The highest BCUT2D eigenvalue weighted by molar-refractivity contribution is 5.97. The molecule has 88 valence electrons. The molecule has 8 heteroatoms. The third kappa shape index (κ3) is 2.14. The predicted octanol–water partition coefficient (Wildman–Crippen LogP) is -0.724. The first-order valence-electron chi connectivity index (χ1n) is 4.57. The van der Waals surface area contributed by atoms with Crippen LogP contribution in [0.5, 0.6) is 0 Å². The van der Waals surface area contributed by atoms with Crippen LogP contribution in [0.4, 0.5) is 0 Å². The second kappa shape index (κ2) is 4.08. The van der Waals surface area contributed by atoms with Crippen LogP contribution in [0.15, 0.2) is 22.8 Å². The molecular formula is C9H7N3O5. The first-order chi connectivity index (χ1) is 8.08. The van der Waals surface area contributed by atoms with E-state index in [1.165, 1.54) is 18.2 Å². The molecule has 2 aromatic rings. The van der Waals surface area contributed by atoms with E-state index in [1.807, 2.05) is 0 Å². The van der Waals surface area contributed by atoms with Gasteiger partial charge in [0.05, 0.1) is 0 Å². The molecule has 1 aromatic carbocycles. The molecular weight excluding hydrogens is 230 g/mol. The number of aliphatic carboxylic acids is 1. The monoisotopic (exact) mass is 237 g/mol. The Kier molecular flexibility index (Phi) is 2.61. The third-order valence-corrected chi connectivity index (χ3v) is 2.05. The number of carboxylic acids is 1. The van der Waals surface area contributed by atoms with Gasteiger partial charge < -0.3 is 15.6 Å². The van der Waals surface area contributed by atoms with E-state index in [1.54, 1.807) is 0 Å². The highest BCUT2D eigenvalue weighted by Gasteiger charge is 2.13. The Morgan fingerprint density at radius 1 is 1.53 bits per heavy atom. The van der Waals surface area contributed by atoms with Crippen molar-refractivity contribution in [2.75, 3.05) is 6.54 Å². The summed E-state index contributed by atoms with van der Waals surface area (Å²) in [4.78, 5) is 21.9. The molecule has 0 saturated heterocycles. The van der Waals surface area contributed by atoms with Crippen LogP contribution in [0.2, 0.25) is 0 Å². The molecule has 0 radical (unpaired) electrons. The normalized spacial score (nSPS) is 10.4. The maximum absolute atomic E-state index is 11.5. The fourth-order valence-electron chi connectivity index (χ4n) is 1.27. The smallest absolute Gasteiger partial charge is 0.322 e. The number of hydrogen-bond acceptors (Lipinski definition) is 5. The van der Waals surface area contributed by atoms with Gasteiger partial charge in [0.1, 0.15) is 6.54 Å². The Morgan fingerprint density at radius 2 is 2.29 bits per heavy atom. The molecule has 0 bridgehead atoms. The Labute approximate surface area is 94.0 Å². The van der Waals surface area contributed by atoms with Gasteiger partial charge in [-0.3, -0.25) is 14.2 Å². The second-order valence-electron chi connectivity index (χ2n) is 3.21. The van der Waals surface area contributed by atoms with Crippen molar-refractivity contribution in [3.8, 4) is 0 Å². The zero-order valence-electron chi connectivity index (χ0n) is 8.41. The van der Waals surface area contributed by atoms with E-state index in [9.17, 15) is 14.8 Å². The minimum absolute atomic E-state index is 0.105. The minimum Gasteiger partial charge on any atom is -0.480 e. The summed E-state index contributed by atoms with van der Waals surface area (Å²) < 4.78 is 4.33. The maximum atomic E-state index is 11.5. The van der Waals surface area contributed by atoms with Crippen molar-refractivity contribution in [1.29, 1.82) is 0 Å². The lowest BCUT2D eigenvalue weighted by Crippen LogP contribution is -2.29. The van der Waals surface area contributed by atoms with Gasteiger partial charge in [-0.25, -0.2) is 0 Å². The molecule has 0 fully saturated rings. The van der Waals surface area contributed by atoms with Crippen LogP contribution in [0, 0.1) is 5.21 Å². The number of carbonyl (C=O) groups is 2. The molecule has 17 heavy (non-hydrogen) atoms. The van der Waals surface area contributed by atoms with E-state index in [4.69, 9.17) is 5.11 Å². The van der Waals surface area contributed by atoms with Crippen molar-refractivity contribution in [3.63, 3.8) is 0 Å². The number of aromatic nitrogens is 2. The molecule has 1 amide bonds. The molecule has 0 saturated carbocycles. The van der Waals surface area contributed by atoms with E-state index in [0.29, 0.717) is 5.52 Å². The zero-order valence-corrected chi connectivity index (χ0v) is 8.41. The number of fused-ring (bicyclic) bond motifs is 1. The van der Waals surface area contributed by atoms with Crippen molar-refractivity contribution >= 4 is 22.9 Å². The van der Waals surface area contributed by atoms with Crippen molar-refractivity contribution in [3.05, 3.63) is 29.0 Å². The van der Waals surface area contributed by atoms with Crippen LogP contribution in [-0.2, 0) is 4.79 Å². The van der Waals surface area contributed by atoms with Gasteiger partial charge in [-0.1, -0.05) is 0 Å². The number of benzene rings is 1. The highest BCUT2D eigenvalue weighted by Crippen LogP contribution is 2.10. The topological polar surface area (TPSA) is 119 Å². The van der Waals surface area contributed by atoms with Crippen LogP contribution >= 0.6 is 0 Å². The zero-order chi connectivity index (χ0) is 12.4. The molecule has 1 heterocycles. The molecule has 0 aliphatic heterocycles. The van der Waals surface area contributed by atoms with Gasteiger partial charge in [0.2, 0.25) is 11.0 Å². The Balaban J connectivity index is 2.26. The Morgan fingerprint density at radius 3 is 3.00 bits per heavy atom. The molecule has 0 unspecified atom stereocenters. The maximum Gasteiger partial charge on any atom is 0.322 e. The number of rotatable bonds is 3. The van der Waals surface area contributed by atoms with Crippen LogP contribution in [0.25, 0.3) is 11.0 Å². The number of carbonyl (C=O) groups excluding carboxylic acids is 1. The van der Waals surface area contributed by atoms with Gasteiger partial charge in [0.15, 0.2) is 0 Å². The van der Waals surface area contributed by atoms with Crippen LogP contribution in [-0.4, -0.2) is 28.7 Å². The number of nitrogens with zero attached hydrogens (tertiary/aromatic N) is 2. The summed E-state index contributed by atoms with van der Waals surface area (Å²) in [5.74, 6) is -1.74. The molecule has 2 N–H and O–H groups in total. The predicted molar refractivity (Wildman–Crippen MR) is 52.9 cm³/mol. The highest BCUT2D eigenvalue weighted by atomic mass is 16.8. The minimum atomic E-state index is -1.15.